The van der Waals surface area contributed by atoms with Crippen LogP contribution in [0.5, 0.6) is 0 Å². The van der Waals surface area contributed by atoms with Gasteiger partial charge in [0.1, 0.15) is 47.1 Å². The van der Waals surface area contributed by atoms with E-state index in [2.05, 4.69) is 142 Å². The Hall–Kier alpha value is -3.01. The van der Waals surface area contributed by atoms with Gasteiger partial charge in [0.2, 0.25) is 0 Å². The Bertz CT molecular complexity index is 1860. The zero-order valence-corrected chi connectivity index (χ0v) is 26.2. The molecule has 0 atom stereocenters. The third-order valence-corrected chi connectivity index (χ3v) is 10.1. The van der Waals surface area contributed by atoms with Crippen LogP contribution in [0.1, 0.15) is 27.7 Å². The Balaban J connectivity index is 1.54. The summed E-state index contributed by atoms with van der Waals surface area (Å²) in [5, 5.41) is 5.32. The Labute approximate surface area is 250 Å². The van der Waals surface area contributed by atoms with Crippen LogP contribution in [0.4, 0.5) is 0 Å². The van der Waals surface area contributed by atoms with Gasteiger partial charge in [-0.05, 0) is 83.0 Å². The summed E-state index contributed by atoms with van der Waals surface area (Å²) in [5.41, 5.74) is 13.6. The first-order valence-corrected chi connectivity index (χ1v) is 14.8. The van der Waals surface area contributed by atoms with Crippen molar-refractivity contribution in [2.75, 3.05) is 0 Å². The highest BCUT2D eigenvalue weighted by atomic mass is 16.7. The lowest BCUT2D eigenvalue weighted by molar-refractivity contribution is 0.00578. The van der Waals surface area contributed by atoms with Gasteiger partial charge in [-0.25, -0.2) is 0 Å². The maximum Gasteiger partial charge on any atom is 0.494 e. The largest absolute Gasteiger partial charge is 0.494 e. The van der Waals surface area contributed by atoms with Gasteiger partial charge >= 0.3 is 7.12 Å². The maximum atomic E-state index is 6.41. The van der Waals surface area contributed by atoms with Crippen LogP contribution in [-0.4, -0.2) is 65.4 Å². The fourth-order valence-electron chi connectivity index (χ4n) is 6.91. The molecule has 0 bridgehead atoms. The molecule has 2 nitrogen and oxygen atoms in total. The van der Waals surface area contributed by atoms with Crippen LogP contribution in [0, 0.1) is 0 Å². The summed E-state index contributed by atoms with van der Waals surface area (Å²) in [7, 11) is 13.4. The quantitative estimate of drug-likeness (QED) is 0.236. The summed E-state index contributed by atoms with van der Waals surface area (Å²) in [6.45, 7) is 8.43. The Morgan fingerprint density at radius 3 is 1.59 bits per heavy atom. The molecule has 9 heteroatoms. The molecule has 0 spiro atoms. The van der Waals surface area contributed by atoms with Crippen molar-refractivity contribution in [3.8, 4) is 22.3 Å². The van der Waals surface area contributed by atoms with Gasteiger partial charge in [-0.1, -0.05) is 93.4 Å². The SMILES string of the molecule is Bc1c(-c2ccc3ccccc3c2)c(B)c2c(B)c(B)c(-c3cccc(B4OC(C)(C)C(C)(C)O4)c3)c(B)c2c1B. The molecule has 1 aliphatic heterocycles. The highest BCUT2D eigenvalue weighted by molar-refractivity contribution is 6.68. The van der Waals surface area contributed by atoms with E-state index in [1.165, 1.54) is 76.6 Å². The maximum absolute atomic E-state index is 6.41. The molecule has 196 valence electrons. The zero-order valence-electron chi connectivity index (χ0n) is 26.2. The number of benzene rings is 5. The van der Waals surface area contributed by atoms with Crippen LogP contribution in [0.15, 0.2) is 66.7 Å². The van der Waals surface area contributed by atoms with Crippen LogP contribution in [0.3, 0.4) is 0 Å². The van der Waals surface area contributed by atoms with E-state index < -0.39 is 0 Å². The van der Waals surface area contributed by atoms with Crippen molar-refractivity contribution < 1.29 is 9.31 Å². The van der Waals surface area contributed by atoms with Gasteiger partial charge in [0.25, 0.3) is 0 Å². The van der Waals surface area contributed by atoms with E-state index in [0.29, 0.717) is 0 Å². The normalized spacial score (nSPS) is 16.0. The molecule has 1 saturated heterocycles. The third-order valence-electron chi connectivity index (χ3n) is 10.1. The van der Waals surface area contributed by atoms with Gasteiger partial charge in [0.05, 0.1) is 11.2 Å². The van der Waals surface area contributed by atoms with Gasteiger partial charge in [-0.2, -0.15) is 0 Å². The van der Waals surface area contributed by atoms with E-state index in [-0.39, 0.29) is 18.3 Å². The van der Waals surface area contributed by atoms with Crippen molar-refractivity contribution in [2.45, 2.75) is 38.9 Å². The van der Waals surface area contributed by atoms with Gasteiger partial charge in [0.15, 0.2) is 0 Å². The first-order chi connectivity index (χ1) is 19.3. The molecule has 5 aromatic carbocycles. The predicted octanol–water partition coefficient (Wildman–Crippen LogP) is -2.82. The molecule has 0 radical (unpaired) electrons. The topological polar surface area (TPSA) is 18.5 Å². The minimum absolute atomic E-state index is 0.367. The van der Waals surface area contributed by atoms with E-state index in [0.717, 1.165) is 5.46 Å². The number of rotatable bonds is 3. The first-order valence-electron chi connectivity index (χ1n) is 14.8. The Morgan fingerprint density at radius 1 is 0.512 bits per heavy atom. The van der Waals surface area contributed by atoms with E-state index in [1.807, 2.05) is 0 Å². The summed E-state index contributed by atoms with van der Waals surface area (Å²) < 4.78 is 12.8. The third kappa shape index (κ3) is 4.35. The van der Waals surface area contributed by atoms with Gasteiger partial charge in [0, 0.05) is 0 Å². The van der Waals surface area contributed by atoms with E-state index in [9.17, 15) is 0 Å². The minimum Gasteiger partial charge on any atom is -0.399 e. The summed E-state index contributed by atoms with van der Waals surface area (Å²) in [5.74, 6) is 0. The Kier molecular flexibility index (Phi) is 6.71. The molecular formula is C32H35B7O2. The average Bonchev–Trinajstić information content (AvgIpc) is 3.16. The van der Waals surface area contributed by atoms with Crippen LogP contribution in [0.25, 0.3) is 43.8 Å². The second kappa shape index (κ2) is 9.78. The second-order valence-electron chi connectivity index (χ2n) is 13.0. The first kappa shape index (κ1) is 28.1. The molecule has 5 aromatic rings. The lowest BCUT2D eigenvalue weighted by atomic mass is 9.60. The van der Waals surface area contributed by atoms with Crippen molar-refractivity contribution in [3.05, 3.63) is 66.7 Å². The van der Waals surface area contributed by atoms with Crippen molar-refractivity contribution in [1.82, 2.24) is 0 Å². The van der Waals surface area contributed by atoms with E-state index in [4.69, 9.17) is 9.31 Å². The molecule has 1 heterocycles. The van der Waals surface area contributed by atoms with E-state index in [1.54, 1.807) is 0 Å². The lowest BCUT2D eigenvalue weighted by Crippen LogP contribution is -2.44. The molecule has 0 aliphatic carbocycles. The number of hydrogen-bond acceptors (Lipinski definition) is 2. The summed E-state index contributed by atoms with van der Waals surface area (Å²) in [4.78, 5) is 0. The van der Waals surface area contributed by atoms with Gasteiger partial charge in [-0.15, -0.1) is 0 Å². The average molecular weight is 527 g/mol. The standard InChI is InChI=1S/C32H35B7O2/c1-31(2)32(3,4)41-39(40-31)20-11-7-10-18(15-20)21-25(33)23-24(29(37)27(21)35)26(34)22(28(36)30(23)38)19-13-12-16-8-5-6-9-17(16)14-19/h5-15H,33-38H2,1-4H3. The molecule has 0 saturated carbocycles. The smallest absolute Gasteiger partial charge is 0.399 e. The highest BCUT2D eigenvalue weighted by Gasteiger charge is 2.51. The molecule has 0 unspecified atom stereocenters. The van der Waals surface area contributed by atoms with Gasteiger partial charge in [-0.3, -0.25) is 0 Å². The summed E-state index contributed by atoms with van der Waals surface area (Å²) in [6.07, 6.45) is 0. The fourth-order valence-corrected chi connectivity index (χ4v) is 6.91. The summed E-state index contributed by atoms with van der Waals surface area (Å²) in [6, 6.07) is 24.3. The fraction of sp³-hybridized carbons (Fsp3) is 0.188. The molecule has 1 aliphatic rings. The summed E-state index contributed by atoms with van der Waals surface area (Å²) >= 11 is 0. The molecule has 0 N–H and O–H groups in total. The monoisotopic (exact) mass is 528 g/mol. The van der Waals surface area contributed by atoms with Crippen molar-refractivity contribution >= 4 is 114 Å². The van der Waals surface area contributed by atoms with Gasteiger partial charge < -0.3 is 9.31 Å². The van der Waals surface area contributed by atoms with Crippen molar-refractivity contribution in [1.29, 1.82) is 0 Å². The second-order valence-corrected chi connectivity index (χ2v) is 13.0. The number of fused-ring (bicyclic) bond motifs is 2. The highest BCUT2D eigenvalue weighted by Crippen LogP contribution is 2.36. The van der Waals surface area contributed by atoms with Crippen LogP contribution < -0.4 is 38.2 Å². The molecule has 0 aromatic heterocycles. The minimum atomic E-state index is -0.377. The zero-order chi connectivity index (χ0) is 29.4. The lowest BCUT2D eigenvalue weighted by Gasteiger charge is -2.32. The molecule has 0 amide bonds. The van der Waals surface area contributed by atoms with Crippen molar-refractivity contribution in [2.24, 2.45) is 0 Å². The number of hydrogen-bond donors (Lipinski definition) is 0. The molecule has 1 fully saturated rings. The van der Waals surface area contributed by atoms with Crippen LogP contribution in [-0.2, 0) is 9.31 Å². The molecular weight excluding hydrogens is 492 g/mol. The van der Waals surface area contributed by atoms with Crippen molar-refractivity contribution in [3.63, 3.8) is 0 Å². The van der Waals surface area contributed by atoms with E-state index >= 15 is 0 Å². The molecule has 6 rings (SSSR count). The molecule has 41 heavy (non-hydrogen) atoms. The van der Waals surface area contributed by atoms with Crippen LogP contribution >= 0.6 is 0 Å². The Morgan fingerprint density at radius 2 is 1.02 bits per heavy atom. The van der Waals surface area contributed by atoms with Crippen LogP contribution in [0.2, 0.25) is 0 Å². The predicted molar refractivity (Wildman–Crippen MR) is 197 cm³/mol.